The van der Waals surface area contributed by atoms with Gasteiger partial charge in [-0.2, -0.15) is 0 Å². The van der Waals surface area contributed by atoms with Gasteiger partial charge in [-0.25, -0.2) is 0 Å². The molecule has 1 unspecified atom stereocenters. The fourth-order valence-corrected chi connectivity index (χ4v) is 3.80. The van der Waals surface area contributed by atoms with Crippen molar-refractivity contribution in [3.8, 4) is 0 Å². The molecule has 0 radical (unpaired) electrons. The Hall–Kier alpha value is -0.380. The molecule has 0 amide bonds. The molecule has 0 N–H and O–H groups in total. The summed E-state index contributed by atoms with van der Waals surface area (Å²) < 4.78 is 0. The lowest BCUT2D eigenvalue weighted by atomic mass is 10.1. The number of hydrogen-bond acceptors (Lipinski definition) is 3. The number of hydrogen-bond donors (Lipinski definition) is 0. The number of rotatable bonds is 2. The highest BCUT2D eigenvalue weighted by Gasteiger charge is 2.34. The number of nitrogens with zero attached hydrogens (tertiary/aromatic N) is 2. The summed E-state index contributed by atoms with van der Waals surface area (Å²) in [7, 11) is 0. The molecule has 2 aliphatic heterocycles. The van der Waals surface area contributed by atoms with Crippen LogP contribution in [0.5, 0.6) is 0 Å². The average Bonchev–Trinajstić information content (AvgIpc) is 2.89. The summed E-state index contributed by atoms with van der Waals surface area (Å²) in [6.07, 6.45) is 2.82. The molecule has 0 bridgehead atoms. The number of piperazine rings is 1. The molecule has 1 aromatic heterocycles. The van der Waals surface area contributed by atoms with Gasteiger partial charge in [0.15, 0.2) is 0 Å². The summed E-state index contributed by atoms with van der Waals surface area (Å²) >= 11 is 1.89. The van der Waals surface area contributed by atoms with E-state index in [9.17, 15) is 0 Å². The molecule has 2 fully saturated rings. The van der Waals surface area contributed by atoms with Gasteiger partial charge in [-0.15, -0.1) is 11.3 Å². The molecule has 0 aromatic carbocycles. The molecule has 3 rings (SSSR count). The molecule has 1 aromatic rings. The molecule has 2 saturated heterocycles. The van der Waals surface area contributed by atoms with Gasteiger partial charge >= 0.3 is 0 Å². The maximum atomic E-state index is 2.69. The minimum Gasteiger partial charge on any atom is -0.298 e. The van der Waals surface area contributed by atoms with Crippen LogP contribution in [0.25, 0.3) is 0 Å². The second kappa shape index (κ2) is 4.47. The fourth-order valence-electron chi connectivity index (χ4n) is 3.07. The van der Waals surface area contributed by atoms with E-state index in [2.05, 4.69) is 34.2 Å². The zero-order valence-corrected chi connectivity index (χ0v) is 10.7. The standard InChI is InChI=1S/C13H20N2S/c1-11-8-14-6-2-4-12(14)9-15(11)10-13-5-3-7-16-13/h3,5,7,11-12H,2,4,6,8-10H2,1H3/t11-,12?/m0/s1. The Morgan fingerprint density at radius 3 is 3.19 bits per heavy atom. The summed E-state index contributed by atoms with van der Waals surface area (Å²) in [5.41, 5.74) is 0. The van der Waals surface area contributed by atoms with Gasteiger partial charge in [0, 0.05) is 36.6 Å². The molecule has 2 nitrogen and oxygen atoms in total. The monoisotopic (exact) mass is 236 g/mol. The second-order valence-electron chi connectivity index (χ2n) is 5.15. The third-order valence-electron chi connectivity index (χ3n) is 4.01. The van der Waals surface area contributed by atoms with Crippen LogP contribution < -0.4 is 0 Å². The predicted octanol–water partition coefficient (Wildman–Crippen LogP) is 2.42. The predicted molar refractivity (Wildman–Crippen MR) is 68.8 cm³/mol. The van der Waals surface area contributed by atoms with Crippen LogP contribution in [0.2, 0.25) is 0 Å². The molecule has 0 saturated carbocycles. The van der Waals surface area contributed by atoms with Gasteiger partial charge in [0.25, 0.3) is 0 Å². The number of fused-ring (bicyclic) bond motifs is 1. The third-order valence-corrected chi connectivity index (χ3v) is 4.87. The van der Waals surface area contributed by atoms with Crippen LogP contribution in [0.4, 0.5) is 0 Å². The summed E-state index contributed by atoms with van der Waals surface area (Å²) in [6.45, 7) is 7.42. The van der Waals surface area contributed by atoms with Crippen LogP contribution in [0, 0.1) is 0 Å². The van der Waals surface area contributed by atoms with E-state index in [1.165, 1.54) is 37.4 Å². The normalized spacial score (nSPS) is 31.8. The molecule has 88 valence electrons. The van der Waals surface area contributed by atoms with Crippen molar-refractivity contribution in [2.75, 3.05) is 19.6 Å². The first-order chi connectivity index (χ1) is 7.83. The van der Waals surface area contributed by atoms with E-state index in [0.717, 1.165) is 18.6 Å². The Kier molecular flexibility index (Phi) is 3.01. The van der Waals surface area contributed by atoms with Gasteiger partial charge in [0.05, 0.1) is 0 Å². The van der Waals surface area contributed by atoms with Crippen LogP contribution in [-0.2, 0) is 6.54 Å². The van der Waals surface area contributed by atoms with E-state index in [1.807, 2.05) is 11.3 Å². The maximum absolute atomic E-state index is 2.69. The molecule has 0 aliphatic carbocycles. The van der Waals surface area contributed by atoms with Crippen LogP contribution in [0.3, 0.4) is 0 Å². The smallest absolute Gasteiger partial charge is 0.0331 e. The van der Waals surface area contributed by atoms with Crippen molar-refractivity contribution in [2.45, 2.75) is 38.4 Å². The SMILES string of the molecule is C[C@H]1CN2CCCC2CN1Cc1cccs1. The number of thiophene rings is 1. The van der Waals surface area contributed by atoms with Crippen LogP contribution >= 0.6 is 11.3 Å². The minimum atomic E-state index is 0.719. The zero-order valence-electron chi connectivity index (χ0n) is 9.93. The second-order valence-corrected chi connectivity index (χ2v) is 6.18. The van der Waals surface area contributed by atoms with Crippen molar-refractivity contribution in [3.63, 3.8) is 0 Å². The quantitative estimate of drug-likeness (QED) is 0.778. The summed E-state index contributed by atoms with van der Waals surface area (Å²) in [5.74, 6) is 0. The summed E-state index contributed by atoms with van der Waals surface area (Å²) in [6, 6.07) is 5.99. The van der Waals surface area contributed by atoms with E-state index in [-0.39, 0.29) is 0 Å². The Balaban J connectivity index is 1.66. The third kappa shape index (κ3) is 2.04. The van der Waals surface area contributed by atoms with Gasteiger partial charge in [0.1, 0.15) is 0 Å². The van der Waals surface area contributed by atoms with E-state index in [0.29, 0.717) is 0 Å². The topological polar surface area (TPSA) is 6.48 Å². The molecular formula is C13H20N2S. The van der Waals surface area contributed by atoms with Crippen molar-refractivity contribution >= 4 is 11.3 Å². The fraction of sp³-hybridized carbons (Fsp3) is 0.692. The first-order valence-electron chi connectivity index (χ1n) is 6.33. The highest BCUT2D eigenvalue weighted by molar-refractivity contribution is 7.09. The molecule has 3 heterocycles. The molecular weight excluding hydrogens is 216 g/mol. The highest BCUT2D eigenvalue weighted by Crippen LogP contribution is 2.26. The molecule has 3 heteroatoms. The Labute approximate surface area is 102 Å². The maximum Gasteiger partial charge on any atom is 0.0331 e. The Morgan fingerprint density at radius 2 is 2.38 bits per heavy atom. The van der Waals surface area contributed by atoms with E-state index in [4.69, 9.17) is 0 Å². The van der Waals surface area contributed by atoms with Gasteiger partial charge in [0.2, 0.25) is 0 Å². The summed E-state index contributed by atoms with van der Waals surface area (Å²) in [4.78, 5) is 6.87. The average molecular weight is 236 g/mol. The first-order valence-corrected chi connectivity index (χ1v) is 7.21. The Bertz CT molecular complexity index is 336. The Morgan fingerprint density at radius 1 is 1.44 bits per heavy atom. The zero-order chi connectivity index (χ0) is 11.0. The lowest BCUT2D eigenvalue weighted by Crippen LogP contribution is -2.54. The van der Waals surface area contributed by atoms with Crippen LogP contribution in [-0.4, -0.2) is 41.5 Å². The molecule has 16 heavy (non-hydrogen) atoms. The lowest BCUT2D eigenvalue weighted by molar-refractivity contribution is 0.0547. The van der Waals surface area contributed by atoms with E-state index in [1.54, 1.807) is 0 Å². The minimum absolute atomic E-state index is 0.719. The van der Waals surface area contributed by atoms with Gasteiger partial charge < -0.3 is 0 Å². The largest absolute Gasteiger partial charge is 0.298 e. The van der Waals surface area contributed by atoms with Crippen LogP contribution in [0.1, 0.15) is 24.6 Å². The van der Waals surface area contributed by atoms with Gasteiger partial charge in [-0.05, 0) is 37.8 Å². The van der Waals surface area contributed by atoms with Gasteiger partial charge in [-0.3, -0.25) is 9.80 Å². The molecule has 0 spiro atoms. The lowest BCUT2D eigenvalue weighted by Gasteiger charge is -2.42. The van der Waals surface area contributed by atoms with Crippen molar-refractivity contribution in [1.29, 1.82) is 0 Å². The first kappa shape index (κ1) is 10.8. The van der Waals surface area contributed by atoms with E-state index >= 15 is 0 Å². The highest BCUT2D eigenvalue weighted by atomic mass is 32.1. The van der Waals surface area contributed by atoms with Crippen LogP contribution in [0.15, 0.2) is 17.5 Å². The van der Waals surface area contributed by atoms with E-state index < -0.39 is 0 Å². The molecule has 2 atom stereocenters. The van der Waals surface area contributed by atoms with Crippen molar-refractivity contribution in [3.05, 3.63) is 22.4 Å². The van der Waals surface area contributed by atoms with Crippen molar-refractivity contribution < 1.29 is 0 Å². The van der Waals surface area contributed by atoms with Crippen molar-refractivity contribution in [1.82, 2.24) is 9.80 Å². The molecule has 2 aliphatic rings. The van der Waals surface area contributed by atoms with Gasteiger partial charge in [-0.1, -0.05) is 6.07 Å². The van der Waals surface area contributed by atoms with Crippen molar-refractivity contribution in [2.24, 2.45) is 0 Å². The summed E-state index contributed by atoms with van der Waals surface area (Å²) in [5, 5.41) is 2.19.